The van der Waals surface area contributed by atoms with E-state index in [-0.39, 0.29) is 0 Å². The summed E-state index contributed by atoms with van der Waals surface area (Å²) in [6.07, 6.45) is 3.56. The molecular formula is C30H72N4O5Si4. The van der Waals surface area contributed by atoms with Gasteiger partial charge in [-0.25, -0.2) is 0 Å². The van der Waals surface area contributed by atoms with Crippen molar-refractivity contribution in [3.63, 3.8) is 0 Å². The molecule has 0 spiro atoms. The Balaban J connectivity index is 0.000000434. The Morgan fingerprint density at radius 1 is 0.581 bits per heavy atom. The Labute approximate surface area is 271 Å². The topological polar surface area (TPSA) is 59.1 Å². The maximum absolute atomic E-state index is 5.96. The number of rotatable bonds is 20. The Morgan fingerprint density at radius 3 is 1.53 bits per heavy atom. The Bertz CT molecular complexity index is 707. The standard InChI is InChI=1S/C17H40N2O2Si2.C13H32N2O3Si2/c1-7-20-22(6,21-8-2)16-12-13-18-14-15-19(17-18)23(9-3,10-4)11-5;1-16-20(17-2,18-3)12-8-10-14-9-7-11-15(13-14)19(4,5)6/h7-17H2,1-6H3;7-13H2,1-6H3. The second-order valence-electron chi connectivity index (χ2n) is 13.4. The molecule has 0 amide bonds. The van der Waals surface area contributed by atoms with Crippen molar-refractivity contribution in [1.82, 2.24) is 18.9 Å². The summed E-state index contributed by atoms with van der Waals surface area (Å²) in [6, 6.07) is 6.19. The van der Waals surface area contributed by atoms with E-state index in [1.54, 1.807) is 21.3 Å². The molecule has 9 nitrogen and oxygen atoms in total. The van der Waals surface area contributed by atoms with Gasteiger partial charge in [0.25, 0.3) is 0 Å². The van der Waals surface area contributed by atoms with Crippen molar-refractivity contribution < 1.29 is 22.1 Å². The first kappa shape index (κ1) is 41.5. The van der Waals surface area contributed by atoms with Crippen LogP contribution in [0.4, 0.5) is 0 Å². The van der Waals surface area contributed by atoms with Gasteiger partial charge in [0.05, 0.1) is 0 Å². The number of nitrogens with zero attached hydrogens (tertiary/aromatic N) is 4. The smallest absolute Gasteiger partial charge is 0.395 e. The predicted molar refractivity (Wildman–Crippen MR) is 192 cm³/mol. The molecule has 0 bridgehead atoms. The highest BCUT2D eigenvalue weighted by molar-refractivity contribution is 6.77. The van der Waals surface area contributed by atoms with Gasteiger partial charge in [0, 0.05) is 73.6 Å². The Kier molecular flexibility index (Phi) is 20.0. The molecule has 0 saturated carbocycles. The van der Waals surface area contributed by atoms with Crippen LogP contribution in [-0.2, 0) is 22.1 Å². The second kappa shape index (κ2) is 20.7. The number of hydrogen-bond acceptors (Lipinski definition) is 9. The first-order chi connectivity index (χ1) is 20.4. The normalized spacial score (nSPS) is 18.7. The molecule has 2 aliphatic heterocycles. The van der Waals surface area contributed by atoms with Gasteiger partial charge < -0.3 is 31.3 Å². The summed E-state index contributed by atoms with van der Waals surface area (Å²) in [6.45, 7) is 32.0. The summed E-state index contributed by atoms with van der Waals surface area (Å²) in [4.78, 5) is 5.21. The van der Waals surface area contributed by atoms with Crippen LogP contribution in [0.3, 0.4) is 0 Å². The van der Waals surface area contributed by atoms with E-state index in [1.807, 2.05) is 0 Å². The van der Waals surface area contributed by atoms with Crippen LogP contribution in [0.2, 0.25) is 56.4 Å². The summed E-state index contributed by atoms with van der Waals surface area (Å²) in [5.41, 5.74) is 0. The molecule has 13 heteroatoms. The monoisotopic (exact) mass is 680 g/mol. The maximum atomic E-state index is 5.96. The summed E-state index contributed by atoms with van der Waals surface area (Å²) in [5, 5.41) is 0. The minimum Gasteiger partial charge on any atom is -0.395 e. The van der Waals surface area contributed by atoms with Crippen molar-refractivity contribution in [2.24, 2.45) is 0 Å². The van der Waals surface area contributed by atoms with Crippen molar-refractivity contribution in [1.29, 1.82) is 0 Å². The van der Waals surface area contributed by atoms with E-state index in [0.29, 0.717) is 0 Å². The van der Waals surface area contributed by atoms with Crippen LogP contribution in [0, 0.1) is 0 Å². The lowest BCUT2D eigenvalue weighted by molar-refractivity contribution is 0.114. The zero-order valence-electron chi connectivity index (χ0n) is 30.6. The summed E-state index contributed by atoms with van der Waals surface area (Å²) < 4.78 is 33.9. The van der Waals surface area contributed by atoms with Crippen LogP contribution < -0.4 is 0 Å². The van der Waals surface area contributed by atoms with E-state index < -0.39 is 33.8 Å². The lowest BCUT2D eigenvalue weighted by atomic mass is 10.3. The van der Waals surface area contributed by atoms with Crippen molar-refractivity contribution in [2.45, 2.75) is 110 Å². The van der Waals surface area contributed by atoms with Crippen LogP contribution in [0.15, 0.2) is 0 Å². The van der Waals surface area contributed by atoms with Crippen LogP contribution in [-0.4, -0.2) is 140 Å². The van der Waals surface area contributed by atoms with Gasteiger partial charge in [0.2, 0.25) is 0 Å². The lowest BCUT2D eigenvalue weighted by Crippen LogP contribution is -2.55. The van der Waals surface area contributed by atoms with E-state index in [9.17, 15) is 0 Å². The number of hydrogen-bond donors (Lipinski definition) is 0. The van der Waals surface area contributed by atoms with Gasteiger partial charge >= 0.3 is 17.4 Å². The third kappa shape index (κ3) is 13.6. The molecule has 2 aliphatic rings. The zero-order chi connectivity index (χ0) is 32.6. The van der Waals surface area contributed by atoms with E-state index in [0.717, 1.165) is 44.9 Å². The van der Waals surface area contributed by atoms with E-state index in [2.05, 4.69) is 79.7 Å². The van der Waals surface area contributed by atoms with Gasteiger partial charge in [-0.2, -0.15) is 0 Å². The van der Waals surface area contributed by atoms with Crippen molar-refractivity contribution in [3.05, 3.63) is 0 Å². The molecule has 0 aromatic heterocycles. The third-order valence-electron chi connectivity index (χ3n) is 9.82. The van der Waals surface area contributed by atoms with Gasteiger partial charge in [-0.15, -0.1) is 0 Å². The maximum Gasteiger partial charge on any atom is 0.500 e. The first-order valence-corrected chi connectivity index (χ1v) is 27.7. The average Bonchev–Trinajstić information content (AvgIpc) is 3.46. The zero-order valence-corrected chi connectivity index (χ0v) is 34.6. The Hall–Kier alpha value is 0.508. The van der Waals surface area contributed by atoms with Crippen molar-refractivity contribution in [2.75, 3.05) is 87.1 Å². The van der Waals surface area contributed by atoms with Crippen LogP contribution in [0.1, 0.15) is 53.9 Å². The summed E-state index contributed by atoms with van der Waals surface area (Å²) in [7, 11) is -1.60. The highest BCUT2D eigenvalue weighted by atomic mass is 28.4. The first-order valence-electron chi connectivity index (χ1n) is 17.2. The summed E-state index contributed by atoms with van der Waals surface area (Å²) in [5.74, 6) is 0. The summed E-state index contributed by atoms with van der Waals surface area (Å²) >= 11 is 0. The molecule has 2 fully saturated rings. The SMILES string of the molecule is CCO[Si](C)(CCCN1CCN([Si](CC)(CC)CC)C1)OCC.CO[Si](CCCN1CCCN([Si](C)(C)C)C1)(OC)OC. The molecule has 0 unspecified atom stereocenters. The molecule has 2 saturated heterocycles. The molecule has 0 radical (unpaired) electrons. The highest BCUT2D eigenvalue weighted by Gasteiger charge is 2.39. The minimum absolute atomic E-state index is 0.776. The van der Waals surface area contributed by atoms with E-state index in [4.69, 9.17) is 22.1 Å². The Morgan fingerprint density at radius 2 is 1.07 bits per heavy atom. The quantitative estimate of drug-likeness (QED) is 0.141. The molecule has 0 N–H and O–H groups in total. The fourth-order valence-corrected chi connectivity index (χ4v) is 16.2. The largest absolute Gasteiger partial charge is 0.500 e. The highest BCUT2D eigenvalue weighted by Crippen LogP contribution is 2.28. The van der Waals surface area contributed by atoms with Gasteiger partial charge in [0.15, 0.2) is 0 Å². The predicted octanol–water partition coefficient (Wildman–Crippen LogP) is 6.16. The molecule has 43 heavy (non-hydrogen) atoms. The molecule has 0 aromatic rings. The molecule has 258 valence electrons. The van der Waals surface area contributed by atoms with Crippen LogP contribution >= 0.6 is 0 Å². The van der Waals surface area contributed by atoms with Crippen molar-refractivity contribution in [3.8, 4) is 0 Å². The van der Waals surface area contributed by atoms with E-state index >= 15 is 0 Å². The average molecular weight is 681 g/mol. The molecule has 2 rings (SSSR count). The van der Waals surface area contributed by atoms with Crippen molar-refractivity contribution >= 4 is 33.8 Å². The van der Waals surface area contributed by atoms with Gasteiger partial charge in [0.1, 0.15) is 16.5 Å². The second-order valence-corrected chi connectivity index (χ2v) is 30.0. The molecule has 0 aromatic carbocycles. The minimum atomic E-state index is -2.39. The van der Waals surface area contributed by atoms with E-state index in [1.165, 1.54) is 70.4 Å². The third-order valence-corrected chi connectivity index (χ3v) is 23.6. The van der Waals surface area contributed by atoms with Crippen LogP contribution in [0.5, 0.6) is 0 Å². The van der Waals surface area contributed by atoms with Gasteiger partial charge in [-0.05, 0) is 83.5 Å². The fraction of sp³-hybridized carbons (Fsp3) is 1.00. The molecule has 2 heterocycles. The fourth-order valence-electron chi connectivity index (χ4n) is 6.73. The van der Waals surface area contributed by atoms with Gasteiger partial charge in [-0.1, -0.05) is 40.4 Å². The van der Waals surface area contributed by atoms with Crippen LogP contribution in [0.25, 0.3) is 0 Å². The molecule has 0 atom stereocenters. The lowest BCUT2D eigenvalue weighted by Gasteiger charge is -2.42. The molecule has 0 aliphatic carbocycles. The van der Waals surface area contributed by atoms with Gasteiger partial charge in [-0.3, -0.25) is 9.80 Å². The molecular weight excluding hydrogens is 609 g/mol.